The van der Waals surface area contributed by atoms with E-state index in [1.165, 1.54) is 5.57 Å². The Hall–Kier alpha value is -0.830. The van der Waals surface area contributed by atoms with E-state index in [1.807, 2.05) is 18.3 Å². The molecule has 62 valence electrons. The van der Waals surface area contributed by atoms with E-state index < -0.39 is 0 Å². The van der Waals surface area contributed by atoms with E-state index >= 15 is 0 Å². The zero-order chi connectivity index (χ0) is 8.10. The smallest absolute Gasteiger partial charge is 0.0296 e. The molecule has 1 N–H and O–H groups in total. The highest BCUT2D eigenvalue weighted by molar-refractivity contribution is 5.62. The van der Waals surface area contributed by atoms with Crippen molar-refractivity contribution in [3.05, 3.63) is 11.8 Å². The van der Waals surface area contributed by atoms with Gasteiger partial charge < -0.3 is 5.32 Å². The highest BCUT2D eigenvalue weighted by atomic mass is 15.4. The molecule has 0 radical (unpaired) electrons. The first-order valence-electron chi connectivity index (χ1n) is 3.98. The van der Waals surface area contributed by atoms with E-state index in [1.54, 1.807) is 0 Å². The van der Waals surface area contributed by atoms with Crippen LogP contribution in [0.25, 0.3) is 0 Å². The molecule has 0 aliphatic carbocycles. The monoisotopic (exact) mass is 153 g/mol. The number of hydrogen-bond donors (Lipinski definition) is 1. The maximum absolute atomic E-state index is 4.09. The van der Waals surface area contributed by atoms with Gasteiger partial charge in [0, 0.05) is 32.4 Å². The molecule has 3 heteroatoms. The lowest BCUT2D eigenvalue weighted by Crippen LogP contribution is -2.20. The molecule has 0 saturated carbocycles. The quantitative estimate of drug-likeness (QED) is 0.649. The maximum Gasteiger partial charge on any atom is 0.0296 e. The highest BCUT2D eigenvalue weighted by Crippen LogP contribution is 2.04. The van der Waals surface area contributed by atoms with Gasteiger partial charge in [0.15, 0.2) is 0 Å². The number of likely N-dealkylation sites (N-methyl/N-ethyl adjacent to an activating group) is 1. The van der Waals surface area contributed by atoms with Gasteiger partial charge >= 0.3 is 0 Å². The number of nitrogens with zero attached hydrogens (tertiary/aromatic N) is 2. The molecule has 0 amide bonds. The minimum atomic E-state index is 0.979. The third-order valence-electron chi connectivity index (χ3n) is 1.59. The summed E-state index contributed by atoms with van der Waals surface area (Å²) in [7, 11) is 1.95. The fourth-order valence-corrected chi connectivity index (χ4v) is 1.04. The van der Waals surface area contributed by atoms with Crippen LogP contribution >= 0.6 is 0 Å². The Morgan fingerprint density at radius 3 is 3.18 bits per heavy atom. The third kappa shape index (κ3) is 2.72. The molecule has 0 aromatic heterocycles. The van der Waals surface area contributed by atoms with Gasteiger partial charge in [0.25, 0.3) is 0 Å². The molecule has 1 aliphatic heterocycles. The van der Waals surface area contributed by atoms with Crippen LogP contribution in [0.4, 0.5) is 0 Å². The molecule has 1 heterocycles. The van der Waals surface area contributed by atoms with E-state index in [0.29, 0.717) is 0 Å². The van der Waals surface area contributed by atoms with Crippen molar-refractivity contribution in [2.24, 2.45) is 5.10 Å². The van der Waals surface area contributed by atoms with E-state index in [9.17, 15) is 0 Å². The van der Waals surface area contributed by atoms with Crippen LogP contribution < -0.4 is 5.32 Å². The second-order valence-electron chi connectivity index (χ2n) is 2.64. The van der Waals surface area contributed by atoms with Gasteiger partial charge in [-0.3, -0.25) is 5.01 Å². The zero-order valence-electron chi connectivity index (χ0n) is 7.17. The van der Waals surface area contributed by atoms with Gasteiger partial charge in [-0.15, -0.1) is 0 Å². The maximum atomic E-state index is 4.09. The molecule has 0 saturated heterocycles. The van der Waals surface area contributed by atoms with Crippen molar-refractivity contribution in [1.29, 1.82) is 0 Å². The summed E-state index contributed by atoms with van der Waals surface area (Å²) in [6.45, 7) is 4.12. The number of hydrogen-bond acceptors (Lipinski definition) is 3. The first kappa shape index (κ1) is 8.27. The molecular formula is C8H15N3. The molecule has 0 fully saturated rings. The summed E-state index contributed by atoms with van der Waals surface area (Å²) in [6.07, 6.45) is 4.99. The fourth-order valence-electron chi connectivity index (χ4n) is 1.04. The van der Waals surface area contributed by atoms with Gasteiger partial charge in [0.2, 0.25) is 0 Å². The van der Waals surface area contributed by atoms with Crippen molar-refractivity contribution in [2.45, 2.75) is 13.3 Å². The van der Waals surface area contributed by atoms with Crippen LogP contribution in [0, 0.1) is 0 Å². The first-order chi connectivity index (χ1) is 5.33. The lowest BCUT2D eigenvalue weighted by Gasteiger charge is -2.15. The fraction of sp³-hybridized carbons (Fsp3) is 0.625. The topological polar surface area (TPSA) is 27.6 Å². The van der Waals surface area contributed by atoms with Crippen LogP contribution in [-0.4, -0.2) is 31.4 Å². The molecule has 11 heavy (non-hydrogen) atoms. The van der Waals surface area contributed by atoms with Gasteiger partial charge in [-0.25, -0.2) is 0 Å². The lowest BCUT2D eigenvalue weighted by molar-refractivity contribution is 0.476. The summed E-state index contributed by atoms with van der Waals surface area (Å²) in [5.41, 5.74) is 1.39. The molecule has 0 bridgehead atoms. The van der Waals surface area contributed by atoms with Crippen LogP contribution in [0.3, 0.4) is 0 Å². The minimum Gasteiger partial charge on any atom is -0.313 e. The van der Waals surface area contributed by atoms with Crippen molar-refractivity contribution >= 4 is 6.21 Å². The summed E-state index contributed by atoms with van der Waals surface area (Å²) in [6, 6.07) is 0. The molecule has 1 rings (SSSR count). The zero-order valence-corrected chi connectivity index (χ0v) is 7.17. The Bertz CT molecular complexity index is 172. The molecule has 0 atom stereocenters. The van der Waals surface area contributed by atoms with Crippen molar-refractivity contribution in [1.82, 2.24) is 10.3 Å². The number of hydrazone groups is 1. The second-order valence-corrected chi connectivity index (χ2v) is 2.64. The molecule has 0 aromatic carbocycles. The lowest BCUT2D eigenvalue weighted by atomic mass is 10.2. The van der Waals surface area contributed by atoms with E-state index in [0.717, 1.165) is 19.5 Å². The second kappa shape index (κ2) is 4.13. The van der Waals surface area contributed by atoms with E-state index in [2.05, 4.69) is 23.5 Å². The molecule has 3 nitrogen and oxygen atoms in total. The first-order valence-corrected chi connectivity index (χ1v) is 3.98. The minimum absolute atomic E-state index is 0.979. The van der Waals surface area contributed by atoms with Gasteiger partial charge in [0.05, 0.1) is 0 Å². The molecular weight excluding hydrogens is 138 g/mol. The molecule has 1 aliphatic rings. The highest BCUT2D eigenvalue weighted by Gasteiger charge is 2.00. The molecule has 0 spiro atoms. The average molecular weight is 153 g/mol. The van der Waals surface area contributed by atoms with Gasteiger partial charge in [-0.1, -0.05) is 6.92 Å². The summed E-state index contributed by atoms with van der Waals surface area (Å²) in [5, 5.41) is 9.22. The van der Waals surface area contributed by atoms with Crippen molar-refractivity contribution in [2.75, 3.05) is 20.1 Å². The van der Waals surface area contributed by atoms with Crippen LogP contribution in [-0.2, 0) is 0 Å². The van der Waals surface area contributed by atoms with Gasteiger partial charge in [-0.05, 0) is 12.1 Å². The van der Waals surface area contributed by atoms with Gasteiger partial charge in [-0.2, -0.15) is 5.10 Å². The number of nitrogens with one attached hydrogen (secondary N) is 1. The summed E-state index contributed by atoms with van der Waals surface area (Å²) in [5.74, 6) is 0. The van der Waals surface area contributed by atoms with E-state index in [-0.39, 0.29) is 0 Å². The van der Waals surface area contributed by atoms with Crippen molar-refractivity contribution in [3.63, 3.8) is 0 Å². The summed E-state index contributed by atoms with van der Waals surface area (Å²) < 4.78 is 0. The summed E-state index contributed by atoms with van der Waals surface area (Å²) >= 11 is 0. The van der Waals surface area contributed by atoms with E-state index in [4.69, 9.17) is 0 Å². The Kier molecular flexibility index (Phi) is 3.11. The number of rotatable bonds is 3. The average Bonchev–Trinajstić information content (AvgIpc) is 2.01. The Morgan fingerprint density at radius 2 is 2.55 bits per heavy atom. The molecule has 0 aromatic rings. The Labute approximate surface area is 67.8 Å². The SMILES string of the molecule is CCNCC1=CN(C)N=CC1. The van der Waals surface area contributed by atoms with Crippen LogP contribution in [0.2, 0.25) is 0 Å². The van der Waals surface area contributed by atoms with Crippen LogP contribution in [0.5, 0.6) is 0 Å². The third-order valence-corrected chi connectivity index (χ3v) is 1.59. The van der Waals surface area contributed by atoms with Crippen molar-refractivity contribution in [3.8, 4) is 0 Å². The Morgan fingerprint density at radius 1 is 1.73 bits per heavy atom. The predicted molar refractivity (Wildman–Crippen MR) is 47.5 cm³/mol. The predicted octanol–water partition coefficient (Wildman–Crippen LogP) is 0.801. The Balaban J connectivity index is 2.34. The van der Waals surface area contributed by atoms with Crippen LogP contribution in [0.15, 0.2) is 16.9 Å². The largest absolute Gasteiger partial charge is 0.313 e. The molecule has 0 unspecified atom stereocenters. The van der Waals surface area contributed by atoms with Gasteiger partial charge in [0.1, 0.15) is 0 Å². The van der Waals surface area contributed by atoms with Crippen LogP contribution in [0.1, 0.15) is 13.3 Å². The van der Waals surface area contributed by atoms with Crippen molar-refractivity contribution < 1.29 is 0 Å². The summed E-state index contributed by atoms with van der Waals surface area (Å²) in [4.78, 5) is 0. The normalized spacial score (nSPS) is 16.9. The standard InChI is InChI=1S/C8H15N3/c1-3-9-6-8-4-5-10-11(2)7-8/h5,7,9H,3-4,6H2,1-2H3.